The summed E-state index contributed by atoms with van der Waals surface area (Å²) >= 11 is 0. The van der Waals surface area contributed by atoms with Crippen LogP contribution in [0.4, 0.5) is 5.69 Å². The van der Waals surface area contributed by atoms with E-state index in [1.54, 1.807) is 36.4 Å². The van der Waals surface area contributed by atoms with Gasteiger partial charge in [-0.05, 0) is 29.3 Å². The second-order valence-electron chi connectivity index (χ2n) is 3.92. The predicted octanol–water partition coefficient (Wildman–Crippen LogP) is 2.63. The van der Waals surface area contributed by atoms with E-state index in [0.717, 1.165) is 0 Å². The van der Waals surface area contributed by atoms with E-state index in [2.05, 4.69) is 0 Å². The molecule has 0 atom stereocenters. The SMILES string of the molecule is O=C1c2ccccc2Oc2ccccc2N1[N+](=O)[O-]. The average molecular weight is 256 g/mol. The van der Waals surface area contributed by atoms with Crippen LogP contribution in [0, 0.1) is 10.1 Å². The number of ether oxygens (including phenoxy) is 1. The van der Waals surface area contributed by atoms with Gasteiger partial charge in [0.05, 0.1) is 5.56 Å². The fourth-order valence-corrected chi connectivity index (χ4v) is 1.95. The number of anilines is 1. The monoisotopic (exact) mass is 256 g/mol. The van der Waals surface area contributed by atoms with Gasteiger partial charge in [0.1, 0.15) is 5.75 Å². The molecule has 0 spiro atoms. The van der Waals surface area contributed by atoms with E-state index in [1.165, 1.54) is 12.1 Å². The number of benzene rings is 2. The number of para-hydroxylation sites is 3. The molecule has 0 unspecified atom stereocenters. The number of amides is 1. The highest BCUT2D eigenvalue weighted by atomic mass is 16.7. The Labute approximate surface area is 108 Å². The molecule has 6 heteroatoms. The van der Waals surface area contributed by atoms with Gasteiger partial charge < -0.3 is 4.74 Å². The molecule has 0 aromatic heterocycles. The average Bonchev–Trinajstić information content (AvgIpc) is 2.53. The smallest absolute Gasteiger partial charge is 0.323 e. The zero-order valence-corrected chi connectivity index (χ0v) is 9.65. The molecule has 2 aromatic carbocycles. The summed E-state index contributed by atoms with van der Waals surface area (Å²) in [5, 5.41) is 10.9. The van der Waals surface area contributed by atoms with Crippen LogP contribution in [0.5, 0.6) is 11.5 Å². The standard InChI is InChI=1S/C13H8N2O4/c16-13-9-5-1-3-7-11(9)19-12-8-4-2-6-10(12)14(13)15(17)18/h1-8H. The van der Waals surface area contributed by atoms with Crippen molar-refractivity contribution in [2.24, 2.45) is 0 Å². The van der Waals surface area contributed by atoms with Crippen molar-refractivity contribution in [1.29, 1.82) is 0 Å². The lowest BCUT2D eigenvalue weighted by Gasteiger charge is -2.10. The fourth-order valence-electron chi connectivity index (χ4n) is 1.95. The Morgan fingerprint density at radius 3 is 2.37 bits per heavy atom. The Morgan fingerprint density at radius 1 is 1.00 bits per heavy atom. The maximum Gasteiger partial charge on any atom is 0.323 e. The van der Waals surface area contributed by atoms with E-state index in [9.17, 15) is 14.9 Å². The molecule has 0 fully saturated rings. The summed E-state index contributed by atoms with van der Waals surface area (Å²) in [4.78, 5) is 23.4. The quantitative estimate of drug-likeness (QED) is 0.580. The first-order chi connectivity index (χ1) is 9.18. The van der Waals surface area contributed by atoms with Gasteiger partial charge in [0, 0.05) is 0 Å². The highest BCUT2D eigenvalue weighted by Crippen LogP contribution is 2.38. The van der Waals surface area contributed by atoms with Crippen molar-refractivity contribution in [3.05, 3.63) is 64.2 Å². The van der Waals surface area contributed by atoms with Gasteiger partial charge >= 0.3 is 5.91 Å². The molecule has 1 amide bonds. The van der Waals surface area contributed by atoms with Crippen LogP contribution in [-0.4, -0.2) is 10.9 Å². The van der Waals surface area contributed by atoms with Crippen molar-refractivity contribution >= 4 is 11.6 Å². The van der Waals surface area contributed by atoms with Crippen molar-refractivity contribution in [1.82, 2.24) is 0 Å². The van der Waals surface area contributed by atoms with Crippen LogP contribution in [0.15, 0.2) is 48.5 Å². The van der Waals surface area contributed by atoms with E-state index < -0.39 is 10.9 Å². The second-order valence-corrected chi connectivity index (χ2v) is 3.92. The van der Waals surface area contributed by atoms with Crippen molar-refractivity contribution in [2.75, 3.05) is 5.01 Å². The van der Waals surface area contributed by atoms with E-state index in [4.69, 9.17) is 4.74 Å². The molecule has 0 aliphatic carbocycles. The number of fused-ring (bicyclic) bond motifs is 2. The van der Waals surface area contributed by atoms with Crippen LogP contribution in [0.25, 0.3) is 0 Å². The minimum Gasteiger partial charge on any atom is -0.454 e. The topological polar surface area (TPSA) is 72.7 Å². The molecular formula is C13H8N2O4. The third-order valence-corrected chi connectivity index (χ3v) is 2.79. The second kappa shape index (κ2) is 4.09. The number of hydrogen-bond acceptors (Lipinski definition) is 4. The molecule has 6 nitrogen and oxygen atoms in total. The summed E-state index contributed by atoms with van der Waals surface area (Å²) in [6.45, 7) is 0. The van der Waals surface area contributed by atoms with Gasteiger partial charge in [0.2, 0.25) is 0 Å². The molecule has 0 saturated heterocycles. The normalized spacial score (nSPS) is 13.1. The number of carbonyl (C=O) groups excluding carboxylic acids is 1. The number of carbonyl (C=O) groups is 1. The van der Waals surface area contributed by atoms with Gasteiger partial charge in [-0.3, -0.25) is 4.79 Å². The molecule has 0 N–H and O–H groups in total. The largest absolute Gasteiger partial charge is 0.454 e. The first kappa shape index (κ1) is 11.2. The van der Waals surface area contributed by atoms with Gasteiger partial charge in [0.25, 0.3) is 0 Å². The number of rotatable bonds is 1. The van der Waals surface area contributed by atoms with E-state index in [1.807, 2.05) is 0 Å². The fraction of sp³-hybridized carbons (Fsp3) is 0. The number of nitrogens with zero attached hydrogens (tertiary/aromatic N) is 2. The molecule has 19 heavy (non-hydrogen) atoms. The Morgan fingerprint density at radius 2 is 1.63 bits per heavy atom. The highest BCUT2D eigenvalue weighted by molar-refractivity contribution is 6.08. The van der Waals surface area contributed by atoms with Crippen LogP contribution < -0.4 is 9.75 Å². The Bertz CT molecular complexity index is 684. The van der Waals surface area contributed by atoms with Crippen LogP contribution in [-0.2, 0) is 0 Å². The summed E-state index contributed by atoms with van der Waals surface area (Å²) in [5.74, 6) is -0.132. The van der Waals surface area contributed by atoms with Crippen molar-refractivity contribution < 1.29 is 14.6 Å². The Hall–Kier alpha value is -2.89. The van der Waals surface area contributed by atoms with Gasteiger partial charge in [-0.1, -0.05) is 24.3 Å². The molecule has 1 aliphatic heterocycles. The number of hydrogen-bond donors (Lipinski definition) is 0. The summed E-state index contributed by atoms with van der Waals surface area (Å²) in [6, 6.07) is 12.8. The minimum absolute atomic E-state index is 0.119. The lowest BCUT2D eigenvalue weighted by Crippen LogP contribution is -2.35. The Balaban J connectivity index is 2.27. The van der Waals surface area contributed by atoms with Crippen LogP contribution in [0.3, 0.4) is 0 Å². The van der Waals surface area contributed by atoms with Crippen molar-refractivity contribution in [3.63, 3.8) is 0 Å². The molecule has 0 radical (unpaired) electrons. The van der Waals surface area contributed by atoms with Gasteiger partial charge in [-0.25, -0.2) is 10.1 Å². The predicted molar refractivity (Wildman–Crippen MR) is 66.8 cm³/mol. The van der Waals surface area contributed by atoms with E-state index in [-0.39, 0.29) is 17.0 Å². The van der Waals surface area contributed by atoms with E-state index in [0.29, 0.717) is 10.8 Å². The van der Waals surface area contributed by atoms with Crippen molar-refractivity contribution in [3.8, 4) is 11.5 Å². The lowest BCUT2D eigenvalue weighted by molar-refractivity contribution is -0.481. The zero-order chi connectivity index (χ0) is 13.4. The van der Waals surface area contributed by atoms with Crippen LogP contribution in [0.2, 0.25) is 0 Å². The number of hydrazine groups is 1. The van der Waals surface area contributed by atoms with Gasteiger partial charge in [0.15, 0.2) is 16.5 Å². The molecule has 1 heterocycles. The summed E-state index contributed by atoms with van der Waals surface area (Å²) in [7, 11) is 0. The van der Waals surface area contributed by atoms with Crippen LogP contribution in [0.1, 0.15) is 10.4 Å². The maximum absolute atomic E-state index is 12.2. The van der Waals surface area contributed by atoms with E-state index >= 15 is 0 Å². The summed E-state index contributed by atoms with van der Waals surface area (Å²) in [5.41, 5.74) is 0.282. The molecule has 0 bridgehead atoms. The Kier molecular flexibility index (Phi) is 2.42. The first-order valence-electron chi connectivity index (χ1n) is 5.53. The molecule has 1 aliphatic rings. The summed E-state index contributed by atoms with van der Waals surface area (Å²) in [6.07, 6.45) is 0. The van der Waals surface area contributed by atoms with Crippen LogP contribution >= 0.6 is 0 Å². The minimum atomic E-state index is -0.743. The highest BCUT2D eigenvalue weighted by Gasteiger charge is 2.35. The van der Waals surface area contributed by atoms with Gasteiger partial charge in [-0.15, -0.1) is 0 Å². The molecule has 2 aromatic rings. The molecule has 3 rings (SSSR count). The third kappa shape index (κ3) is 1.70. The third-order valence-electron chi connectivity index (χ3n) is 2.79. The number of nitro groups is 1. The van der Waals surface area contributed by atoms with Crippen molar-refractivity contribution in [2.45, 2.75) is 0 Å². The lowest BCUT2D eigenvalue weighted by atomic mass is 10.2. The molecule has 94 valence electrons. The van der Waals surface area contributed by atoms with Gasteiger partial charge in [-0.2, -0.15) is 0 Å². The molecular weight excluding hydrogens is 248 g/mol. The molecule has 0 saturated carbocycles. The first-order valence-corrected chi connectivity index (χ1v) is 5.53. The maximum atomic E-state index is 12.2. The summed E-state index contributed by atoms with van der Waals surface area (Å²) < 4.78 is 5.59. The zero-order valence-electron chi connectivity index (χ0n) is 9.65.